The van der Waals surface area contributed by atoms with E-state index in [9.17, 15) is 14.0 Å². The molecule has 1 heterocycles. The van der Waals surface area contributed by atoms with E-state index in [-0.39, 0.29) is 24.4 Å². The zero-order valence-corrected chi connectivity index (χ0v) is 11.8. The maximum absolute atomic E-state index is 13.2. The largest absolute Gasteiger partial charge is 0.342 e. The maximum Gasteiger partial charge on any atom is 0.249 e. The number of nitrogens with two attached hydrogens (primary N) is 1. The van der Waals surface area contributed by atoms with Crippen LogP contribution in [0.2, 0.25) is 0 Å². The number of fused-ring (bicyclic) bond motifs is 1. The average molecular weight is 279 g/mol. The summed E-state index contributed by atoms with van der Waals surface area (Å²) in [5, 5.41) is 0. The molecule has 2 N–H and O–H groups in total. The Morgan fingerprint density at radius 2 is 2.15 bits per heavy atom. The zero-order chi connectivity index (χ0) is 15.0. The Labute approximate surface area is 117 Å². The normalized spacial score (nSPS) is 17.6. The predicted molar refractivity (Wildman–Crippen MR) is 73.6 cm³/mol. The molecule has 1 aromatic carbocycles. The Morgan fingerprint density at radius 3 is 2.75 bits per heavy atom. The molecule has 0 spiro atoms. The summed E-state index contributed by atoms with van der Waals surface area (Å²) in [6, 6.07) is 3.12. The number of amides is 2. The Kier molecular flexibility index (Phi) is 3.76. The van der Waals surface area contributed by atoms with Gasteiger partial charge in [0.25, 0.3) is 0 Å². The molecule has 0 fully saturated rings. The molecule has 108 valence electrons. The van der Waals surface area contributed by atoms with Gasteiger partial charge in [0.05, 0.1) is 0 Å². The fourth-order valence-electron chi connectivity index (χ4n) is 2.14. The smallest absolute Gasteiger partial charge is 0.249 e. The van der Waals surface area contributed by atoms with Crippen LogP contribution in [0.5, 0.6) is 0 Å². The summed E-state index contributed by atoms with van der Waals surface area (Å²) in [4.78, 5) is 27.1. The van der Waals surface area contributed by atoms with Crippen molar-refractivity contribution >= 4 is 17.5 Å². The van der Waals surface area contributed by atoms with Crippen LogP contribution < -0.4 is 10.6 Å². The van der Waals surface area contributed by atoms with Crippen molar-refractivity contribution < 1.29 is 14.0 Å². The van der Waals surface area contributed by atoms with Crippen LogP contribution in [0.4, 0.5) is 10.1 Å². The molecule has 0 aliphatic carbocycles. The Balaban J connectivity index is 2.26. The second-order valence-corrected chi connectivity index (χ2v) is 5.20. The lowest BCUT2D eigenvalue weighted by Gasteiger charge is -2.25. The Morgan fingerprint density at radius 1 is 1.50 bits per heavy atom. The fourth-order valence-corrected chi connectivity index (χ4v) is 2.14. The van der Waals surface area contributed by atoms with Crippen molar-refractivity contribution in [2.45, 2.75) is 25.9 Å². The highest BCUT2D eigenvalue weighted by atomic mass is 19.1. The van der Waals surface area contributed by atoms with E-state index in [4.69, 9.17) is 5.73 Å². The van der Waals surface area contributed by atoms with E-state index in [2.05, 4.69) is 0 Å². The number of likely N-dealkylation sites (N-methyl/N-ethyl adjacent to an activating group) is 1. The van der Waals surface area contributed by atoms with Crippen LogP contribution in [0, 0.1) is 5.82 Å². The molecule has 0 aromatic heterocycles. The molecule has 20 heavy (non-hydrogen) atoms. The third kappa shape index (κ3) is 2.38. The van der Waals surface area contributed by atoms with Gasteiger partial charge in [-0.25, -0.2) is 4.39 Å². The van der Waals surface area contributed by atoms with Crippen molar-refractivity contribution in [3.05, 3.63) is 29.6 Å². The molecule has 1 unspecified atom stereocenters. The van der Waals surface area contributed by atoms with Gasteiger partial charge in [0.15, 0.2) is 0 Å². The van der Waals surface area contributed by atoms with Crippen molar-refractivity contribution in [1.29, 1.82) is 0 Å². The van der Waals surface area contributed by atoms with Gasteiger partial charge in [0, 0.05) is 24.3 Å². The number of halogens is 1. The molecule has 1 aliphatic heterocycles. The van der Waals surface area contributed by atoms with Gasteiger partial charge in [-0.2, -0.15) is 0 Å². The molecule has 0 saturated carbocycles. The number of hydrogen-bond donors (Lipinski definition) is 1. The summed E-state index contributed by atoms with van der Waals surface area (Å²) in [7, 11) is 1.68. The van der Waals surface area contributed by atoms with Gasteiger partial charge in [0.1, 0.15) is 18.4 Å². The SMILES string of the molecule is CC(C)N(C)C(=O)CN1C(=O)C(N)c2cc(F)ccc21. The van der Waals surface area contributed by atoms with Gasteiger partial charge in [-0.3, -0.25) is 9.59 Å². The lowest BCUT2D eigenvalue weighted by molar-refractivity contribution is -0.131. The lowest BCUT2D eigenvalue weighted by Crippen LogP contribution is -2.43. The molecular weight excluding hydrogens is 261 g/mol. The minimum atomic E-state index is -0.905. The maximum atomic E-state index is 13.2. The zero-order valence-electron chi connectivity index (χ0n) is 11.8. The van der Waals surface area contributed by atoms with Gasteiger partial charge < -0.3 is 15.5 Å². The first-order valence-corrected chi connectivity index (χ1v) is 6.45. The summed E-state index contributed by atoms with van der Waals surface area (Å²) in [5.74, 6) is -1.01. The van der Waals surface area contributed by atoms with Crippen molar-refractivity contribution in [2.24, 2.45) is 5.73 Å². The summed E-state index contributed by atoms with van der Waals surface area (Å²) >= 11 is 0. The van der Waals surface area contributed by atoms with Gasteiger partial charge in [0.2, 0.25) is 11.8 Å². The van der Waals surface area contributed by atoms with Gasteiger partial charge in [-0.05, 0) is 32.0 Å². The molecule has 5 nitrogen and oxygen atoms in total. The molecule has 2 rings (SSSR count). The molecular formula is C14H18FN3O2. The topological polar surface area (TPSA) is 66.6 Å². The number of rotatable bonds is 3. The fraction of sp³-hybridized carbons (Fsp3) is 0.429. The minimum Gasteiger partial charge on any atom is -0.342 e. The van der Waals surface area contributed by atoms with E-state index < -0.39 is 11.9 Å². The highest BCUT2D eigenvalue weighted by Gasteiger charge is 2.36. The first-order valence-electron chi connectivity index (χ1n) is 6.45. The standard InChI is InChI=1S/C14H18FN3O2/c1-8(2)17(3)12(19)7-18-11-5-4-9(15)6-10(11)13(16)14(18)20/h4-6,8,13H,7,16H2,1-3H3. The minimum absolute atomic E-state index is 0.0431. The van der Waals surface area contributed by atoms with E-state index in [1.165, 1.54) is 23.1 Å². The molecule has 1 aromatic rings. The van der Waals surface area contributed by atoms with Gasteiger partial charge in [-0.1, -0.05) is 0 Å². The van der Waals surface area contributed by atoms with Crippen molar-refractivity contribution in [3.8, 4) is 0 Å². The molecule has 6 heteroatoms. The third-order valence-electron chi connectivity index (χ3n) is 3.61. The van der Waals surface area contributed by atoms with Gasteiger partial charge >= 0.3 is 0 Å². The second kappa shape index (κ2) is 5.20. The number of benzene rings is 1. The van der Waals surface area contributed by atoms with Crippen molar-refractivity contribution in [1.82, 2.24) is 4.90 Å². The Bertz CT molecular complexity index is 559. The van der Waals surface area contributed by atoms with Crippen molar-refractivity contribution in [2.75, 3.05) is 18.5 Å². The summed E-state index contributed by atoms with van der Waals surface area (Å²) in [6.07, 6.45) is 0. The average Bonchev–Trinajstić information content (AvgIpc) is 2.62. The number of carbonyl (C=O) groups excluding carboxylic acids is 2. The van der Waals surface area contributed by atoms with Crippen LogP contribution in [-0.4, -0.2) is 36.3 Å². The first kappa shape index (κ1) is 14.5. The molecule has 2 amide bonds. The molecule has 1 aliphatic rings. The van der Waals surface area contributed by atoms with Crippen LogP contribution >= 0.6 is 0 Å². The highest BCUT2D eigenvalue weighted by Crippen LogP contribution is 2.34. The van der Waals surface area contributed by atoms with E-state index >= 15 is 0 Å². The van der Waals surface area contributed by atoms with Crippen LogP contribution in [0.15, 0.2) is 18.2 Å². The first-order chi connectivity index (χ1) is 9.32. The monoisotopic (exact) mass is 279 g/mol. The van der Waals surface area contributed by atoms with E-state index in [1.807, 2.05) is 13.8 Å². The highest BCUT2D eigenvalue weighted by molar-refractivity contribution is 6.07. The number of anilines is 1. The third-order valence-corrected chi connectivity index (χ3v) is 3.61. The number of carbonyl (C=O) groups is 2. The molecule has 0 saturated heterocycles. The van der Waals surface area contributed by atoms with E-state index in [0.29, 0.717) is 11.3 Å². The Hall–Kier alpha value is -1.95. The molecule has 1 atom stereocenters. The van der Waals surface area contributed by atoms with Crippen LogP contribution in [0.25, 0.3) is 0 Å². The number of nitrogens with zero attached hydrogens (tertiary/aromatic N) is 2. The van der Waals surface area contributed by atoms with Crippen molar-refractivity contribution in [3.63, 3.8) is 0 Å². The molecule has 0 radical (unpaired) electrons. The van der Waals surface area contributed by atoms with Crippen LogP contribution in [0.3, 0.4) is 0 Å². The van der Waals surface area contributed by atoms with E-state index in [0.717, 1.165) is 0 Å². The number of hydrogen-bond acceptors (Lipinski definition) is 3. The van der Waals surface area contributed by atoms with Gasteiger partial charge in [-0.15, -0.1) is 0 Å². The predicted octanol–water partition coefficient (Wildman–Crippen LogP) is 1.04. The summed E-state index contributed by atoms with van der Waals surface area (Å²) < 4.78 is 13.2. The lowest BCUT2D eigenvalue weighted by atomic mass is 10.1. The van der Waals surface area contributed by atoms with E-state index in [1.54, 1.807) is 11.9 Å². The van der Waals surface area contributed by atoms with Crippen LogP contribution in [0.1, 0.15) is 25.5 Å². The second-order valence-electron chi connectivity index (χ2n) is 5.20. The van der Waals surface area contributed by atoms with Crippen LogP contribution in [-0.2, 0) is 9.59 Å². The quantitative estimate of drug-likeness (QED) is 0.899. The molecule has 0 bridgehead atoms. The summed E-state index contributed by atoms with van der Waals surface area (Å²) in [6.45, 7) is 3.69. The summed E-state index contributed by atoms with van der Waals surface area (Å²) in [5.41, 5.74) is 6.71.